The van der Waals surface area contributed by atoms with Crippen LogP contribution in [-0.4, -0.2) is 38.6 Å². The number of nitrogens with zero attached hydrogens (tertiary/aromatic N) is 1. The summed E-state index contributed by atoms with van der Waals surface area (Å²) in [5, 5.41) is 6.09. The number of amides is 1. The summed E-state index contributed by atoms with van der Waals surface area (Å²) in [4.78, 5) is 13.1. The predicted octanol–water partition coefficient (Wildman–Crippen LogP) is 0.974. The fraction of sp³-hybridized carbons (Fsp3) is 0.438. The van der Waals surface area contributed by atoms with Gasteiger partial charge >= 0.3 is 0 Å². The zero-order valence-electron chi connectivity index (χ0n) is 11.9. The molecule has 1 fully saturated rings. The predicted molar refractivity (Wildman–Crippen MR) is 81.7 cm³/mol. The van der Waals surface area contributed by atoms with Gasteiger partial charge in [-0.15, -0.1) is 0 Å². The van der Waals surface area contributed by atoms with Gasteiger partial charge in [-0.25, -0.2) is 0 Å². The Hall–Kier alpha value is -1.99. The molecule has 1 amide bonds. The third-order valence-electron chi connectivity index (χ3n) is 3.18. The lowest BCUT2D eigenvalue weighted by Gasteiger charge is -2.29. The molecule has 2 rings (SSSR count). The van der Waals surface area contributed by atoms with E-state index in [0.717, 1.165) is 31.7 Å². The summed E-state index contributed by atoms with van der Waals surface area (Å²) < 4.78 is 0. The molecule has 0 spiro atoms. The van der Waals surface area contributed by atoms with E-state index in [1.165, 1.54) is 12.6 Å². The highest BCUT2D eigenvalue weighted by atomic mass is 16.1. The molecular formula is C16H21N3O. The van der Waals surface area contributed by atoms with Crippen LogP contribution >= 0.6 is 0 Å². The number of carbonyl (C=O) groups excluding carboxylic acids is 1. The normalized spacial score (nSPS) is 14.3. The first-order valence-electron chi connectivity index (χ1n) is 7.05. The van der Waals surface area contributed by atoms with E-state index < -0.39 is 0 Å². The number of benzene rings is 1. The lowest BCUT2D eigenvalue weighted by Crippen LogP contribution is -2.43. The van der Waals surface area contributed by atoms with Gasteiger partial charge < -0.3 is 15.5 Å². The summed E-state index contributed by atoms with van der Waals surface area (Å²) in [6, 6.07) is 8.34. The lowest BCUT2D eigenvalue weighted by molar-refractivity contribution is -0.118. The first-order valence-corrected chi connectivity index (χ1v) is 7.05. The van der Waals surface area contributed by atoms with Crippen LogP contribution in [0.15, 0.2) is 24.3 Å². The Morgan fingerprint density at radius 1 is 1.40 bits per heavy atom. The van der Waals surface area contributed by atoms with Crippen molar-refractivity contribution in [3.8, 4) is 11.8 Å². The van der Waals surface area contributed by atoms with Crippen LogP contribution in [-0.2, 0) is 4.79 Å². The number of anilines is 1. The van der Waals surface area contributed by atoms with E-state index in [-0.39, 0.29) is 5.91 Å². The van der Waals surface area contributed by atoms with Crippen LogP contribution in [0.4, 0.5) is 5.69 Å². The smallest absolute Gasteiger partial charge is 0.216 e. The Bertz CT molecular complexity index is 510. The fourth-order valence-corrected chi connectivity index (χ4v) is 2.17. The van der Waals surface area contributed by atoms with Crippen molar-refractivity contribution >= 4 is 11.6 Å². The van der Waals surface area contributed by atoms with Gasteiger partial charge in [0.15, 0.2) is 0 Å². The number of piperazine rings is 1. The topological polar surface area (TPSA) is 44.4 Å². The van der Waals surface area contributed by atoms with Crippen molar-refractivity contribution in [3.63, 3.8) is 0 Å². The molecule has 1 heterocycles. The van der Waals surface area contributed by atoms with E-state index in [0.29, 0.717) is 13.0 Å². The molecule has 0 aliphatic carbocycles. The summed E-state index contributed by atoms with van der Waals surface area (Å²) in [5.74, 6) is 6.24. The molecule has 4 heteroatoms. The third-order valence-corrected chi connectivity index (χ3v) is 3.18. The maximum Gasteiger partial charge on any atom is 0.216 e. The van der Waals surface area contributed by atoms with Crippen LogP contribution < -0.4 is 15.5 Å². The van der Waals surface area contributed by atoms with Crippen LogP contribution in [0.2, 0.25) is 0 Å². The minimum absolute atomic E-state index is 0.00694. The third kappa shape index (κ3) is 4.60. The molecule has 0 radical (unpaired) electrons. The highest BCUT2D eigenvalue weighted by Gasteiger charge is 2.09. The molecular weight excluding hydrogens is 250 g/mol. The van der Waals surface area contributed by atoms with E-state index in [1.54, 1.807) is 0 Å². The van der Waals surface area contributed by atoms with Gasteiger partial charge in [-0.1, -0.05) is 17.9 Å². The van der Waals surface area contributed by atoms with E-state index in [4.69, 9.17) is 0 Å². The van der Waals surface area contributed by atoms with Crippen LogP contribution in [0.25, 0.3) is 0 Å². The molecule has 1 aromatic rings. The Morgan fingerprint density at radius 3 is 2.95 bits per heavy atom. The van der Waals surface area contributed by atoms with Crippen LogP contribution in [0, 0.1) is 11.8 Å². The maximum absolute atomic E-state index is 10.7. The molecule has 1 saturated heterocycles. The van der Waals surface area contributed by atoms with Gasteiger partial charge in [0, 0.05) is 57.3 Å². The van der Waals surface area contributed by atoms with Gasteiger partial charge in [0.2, 0.25) is 5.91 Å². The van der Waals surface area contributed by atoms with Gasteiger partial charge in [-0.2, -0.15) is 0 Å². The van der Waals surface area contributed by atoms with Crippen LogP contribution in [0.5, 0.6) is 0 Å². The van der Waals surface area contributed by atoms with Gasteiger partial charge in [0.1, 0.15) is 0 Å². The zero-order valence-corrected chi connectivity index (χ0v) is 11.9. The highest BCUT2D eigenvalue weighted by molar-refractivity contribution is 5.72. The largest absolute Gasteiger partial charge is 0.369 e. The summed E-state index contributed by atoms with van der Waals surface area (Å²) in [7, 11) is 0. The Morgan fingerprint density at radius 2 is 2.20 bits per heavy atom. The van der Waals surface area contributed by atoms with Crippen molar-refractivity contribution in [2.45, 2.75) is 13.3 Å². The van der Waals surface area contributed by atoms with E-state index >= 15 is 0 Å². The molecule has 1 aliphatic heterocycles. The van der Waals surface area contributed by atoms with Gasteiger partial charge in [-0.3, -0.25) is 4.79 Å². The first-order chi connectivity index (χ1) is 9.75. The van der Waals surface area contributed by atoms with Crippen LogP contribution in [0.3, 0.4) is 0 Å². The van der Waals surface area contributed by atoms with Crippen molar-refractivity contribution in [1.29, 1.82) is 0 Å². The number of hydrogen-bond donors (Lipinski definition) is 2. The molecule has 106 valence electrons. The quantitative estimate of drug-likeness (QED) is 0.636. The molecule has 1 aliphatic rings. The van der Waals surface area contributed by atoms with Crippen molar-refractivity contribution in [3.05, 3.63) is 29.8 Å². The number of hydrogen-bond acceptors (Lipinski definition) is 3. The summed E-state index contributed by atoms with van der Waals surface area (Å²) in [6.45, 7) is 6.28. The first kappa shape index (κ1) is 14.4. The molecule has 0 unspecified atom stereocenters. The molecule has 0 aromatic heterocycles. The van der Waals surface area contributed by atoms with Crippen molar-refractivity contribution in [1.82, 2.24) is 10.6 Å². The second kappa shape index (κ2) is 7.56. The summed E-state index contributed by atoms with van der Waals surface area (Å²) >= 11 is 0. The molecule has 0 atom stereocenters. The fourth-order valence-electron chi connectivity index (χ4n) is 2.17. The molecule has 20 heavy (non-hydrogen) atoms. The summed E-state index contributed by atoms with van der Waals surface area (Å²) in [5.41, 5.74) is 2.27. The van der Waals surface area contributed by atoms with Crippen molar-refractivity contribution in [2.24, 2.45) is 0 Å². The van der Waals surface area contributed by atoms with E-state index in [9.17, 15) is 4.79 Å². The standard InChI is InChI=1S/C16H21N3O/c1-14(20)18-8-3-2-5-15-6-4-7-16(13-15)19-11-9-17-10-12-19/h4,6-7,13,17H,3,8-12H2,1H3,(H,18,20). The second-order valence-electron chi connectivity index (χ2n) is 4.82. The lowest BCUT2D eigenvalue weighted by atomic mass is 10.1. The molecule has 1 aromatic carbocycles. The average Bonchev–Trinajstić information content (AvgIpc) is 2.48. The summed E-state index contributed by atoms with van der Waals surface area (Å²) in [6.07, 6.45) is 0.678. The van der Waals surface area contributed by atoms with Crippen molar-refractivity contribution < 1.29 is 4.79 Å². The van der Waals surface area contributed by atoms with Gasteiger partial charge in [0.25, 0.3) is 0 Å². The number of rotatable bonds is 3. The number of nitrogens with one attached hydrogen (secondary N) is 2. The molecule has 0 saturated carbocycles. The van der Waals surface area contributed by atoms with Gasteiger partial charge in [0.05, 0.1) is 0 Å². The second-order valence-corrected chi connectivity index (χ2v) is 4.82. The van der Waals surface area contributed by atoms with Crippen LogP contribution in [0.1, 0.15) is 18.9 Å². The van der Waals surface area contributed by atoms with Crippen molar-refractivity contribution in [2.75, 3.05) is 37.6 Å². The molecule has 2 N–H and O–H groups in total. The van der Waals surface area contributed by atoms with Gasteiger partial charge in [-0.05, 0) is 18.2 Å². The average molecular weight is 271 g/mol. The molecule has 4 nitrogen and oxygen atoms in total. The number of carbonyl (C=O) groups is 1. The minimum Gasteiger partial charge on any atom is -0.369 e. The molecule has 0 bridgehead atoms. The highest BCUT2D eigenvalue weighted by Crippen LogP contribution is 2.16. The maximum atomic E-state index is 10.7. The monoisotopic (exact) mass is 271 g/mol. The minimum atomic E-state index is -0.00694. The Balaban J connectivity index is 1.92. The Kier molecular flexibility index (Phi) is 5.45. The zero-order chi connectivity index (χ0) is 14.2. The van der Waals surface area contributed by atoms with E-state index in [2.05, 4.69) is 45.6 Å². The van der Waals surface area contributed by atoms with E-state index in [1.807, 2.05) is 6.07 Å². The SMILES string of the molecule is CC(=O)NCCC#Cc1cccc(N2CCNCC2)c1. The Labute approximate surface area is 120 Å².